The molecule has 0 aliphatic carbocycles. The highest BCUT2D eigenvalue weighted by molar-refractivity contribution is 7.05. The predicted molar refractivity (Wildman–Crippen MR) is 187 cm³/mol. The molecule has 0 fully saturated rings. The molecule has 8 nitrogen and oxygen atoms in total. The Morgan fingerprint density at radius 2 is 0.759 bits per heavy atom. The summed E-state index contributed by atoms with van der Waals surface area (Å²) >= 11 is -3.82. The molecule has 6 heterocycles. The number of amidine groups is 4. The van der Waals surface area contributed by atoms with E-state index in [1.807, 2.05) is 0 Å². The zero-order valence-corrected chi connectivity index (χ0v) is 29.9. The summed E-state index contributed by atoms with van der Waals surface area (Å²) in [7, 11) is 7.44. The van der Waals surface area contributed by atoms with Gasteiger partial charge in [-0.15, -0.1) is 0 Å². The number of hydrogen-bond acceptors (Lipinski definition) is 6. The first-order valence-electron chi connectivity index (χ1n) is 16.5. The van der Waals surface area contributed by atoms with E-state index in [9.17, 15) is 52.7 Å². The van der Waals surface area contributed by atoms with Gasteiger partial charge >= 0.3 is 38.4 Å². The van der Waals surface area contributed by atoms with Gasteiger partial charge in [-0.25, -0.2) is 30.0 Å². The molecule has 4 aliphatic heterocycles. The van der Waals surface area contributed by atoms with Crippen LogP contribution in [0.3, 0.4) is 0 Å². The monoisotopic (exact) mass is 846 g/mol. The van der Waals surface area contributed by atoms with Crippen LogP contribution in [0.15, 0.2) is 103 Å². The van der Waals surface area contributed by atoms with E-state index < -0.39 is 60.6 Å². The first kappa shape index (κ1) is 36.6. The maximum Gasteiger partial charge on any atom is 0.722 e. The Morgan fingerprint density at radius 1 is 0.379 bits per heavy atom. The highest BCUT2D eigenvalue weighted by atomic mass is 35.6. The van der Waals surface area contributed by atoms with E-state index in [4.69, 9.17) is 10.0 Å². The van der Waals surface area contributed by atoms with Gasteiger partial charge in [-0.2, -0.15) is 62.7 Å². The number of fused-ring (bicyclic) bond motifs is 14. The molecule has 6 aromatic rings. The Morgan fingerprint density at radius 3 is 1.28 bits per heavy atom. The van der Waals surface area contributed by atoms with E-state index in [-0.39, 0.29) is 89.8 Å². The molecule has 22 heteroatoms. The van der Waals surface area contributed by atoms with Crippen molar-refractivity contribution in [3.05, 3.63) is 128 Å². The minimum absolute atomic E-state index is 0.0311. The van der Waals surface area contributed by atoms with Gasteiger partial charge in [0.1, 0.15) is 22.6 Å². The number of aromatic nitrogens is 2. The Balaban J connectivity index is 1.44. The summed E-state index contributed by atoms with van der Waals surface area (Å²) < 4.78 is 172. The normalized spacial score (nSPS) is 16.0. The fourth-order valence-corrected chi connectivity index (χ4v) is 10.2. The molecule has 0 amide bonds. The van der Waals surface area contributed by atoms with Crippen LogP contribution in [0, 0.1) is 0 Å². The van der Waals surface area contributed by atoms with Crippen molar-refractivity contribution in [2.75, 3.05) is 0 Å². The van der Waals surface area contributed by atoms with E-state index >= 15 is 0 Å². The standard InChI is InChI=1S/C36H12F12N8.Al.ClH/c37-33(38,39)13-1-5-17-21(9-13)29-49-25(17)53-30-22-10-14(34(40,41)42)2-6-18(22)27(50-30)55-32-24-12-16(36(46,47)48)4-8-20(24)28(52-32)56-31-23-11-15(35(43,44)45)3-7-19(23)26(51-31)54-29;;/h1-12H;;1H/q-2;+3;/p-1. The lowest BCUT2D eigenvalue weighted by molar-refractivity contribution is -0.138. The van der Waals surface area contributed by atoms with E-state index in [2.05, 4.69) is 30.0 Å². The van der Waals surface area contributed by atoms with E-state index in [1.54, 1.807) is 0 Å². The van der Waals surface area contributed by atoms with Crippen molar-refractivity contribution in [3.63, 3.8) is 0 Å². The van der Waals surface area contributed by atoms with Gasteiger partial charge in [0.25, 0.3) is 0 Å². The predicted octanol–water partition coefficient (Wildman–Crippen LogP) is 9.23. The van der Waals surface area contributed by atoms with Crippen LogP contribution in [-0.2, 0) is 24.7 Å². The second-order valence-corrected chi connectivity index (χ2v) is 16.2. The number of alkyl halides is 12. The van der Waals surface area contributed by atoms with Crippen LogP contribution in [0.1, 0.15) is 44.5 Å². The highest BCUT2D eigenvalue weighted by Gasteiger charge is 2.42. The third-order valence-corrected chi connectivity index (χ3v) is 12.9. The molecular formula is C36H12AlClF12N8. The number of benzene rings is 4. The first-order chi connectivity index (χ1) is 27.2. The summed E-state index contributed by atoms with van der Waals surface area (Å²) in [6.45, 7) is 0. The molecule has 4 aromatic carbocycles. The van der Waals surface area contributed by atoms with Crippen molar-refractivity contribution in [1.29, 1.82) is 0 Å². The fraction of sp³-hybridized carbons (Fsp3) is 0.111. The van der Waals surface area contributed by atoms with Gasteiger partial charge in [-0.3, -0.25) is 0 Å². The van der Waals surface area contributed by atoms with Crippen LogP contribution in [0.25, 0.3) is 21.5 Å². The van der Waals surface area contributed by atoms with Gasteiger partial charge in [0, 0.05) is 43.8 Å². The molecule has 0 saturated carbocycles. The SMILES string of the molecule is FC(F)(F)c1ccc2c(c1)C1=NC2=Nc2c3cc(C(F)(F)F)ccc3c3[n]2[Al]([Cl])[n]2c(c4ccc(C(F)(F)F)cc4c2=NC2=NC(=N3)c3cc(C(F)(F)F)ccc32)=N1. The quantitative estimate of drug-likeness (QED) is 0.108. The maximum absolute atomic E-state index is 14.3. The molecule has 0 saturated heterocycles. The van der Waals surface area contributed by atoms with Gasteiger partial charge in [0.2, 0.25) is 0 Å². The second kappa shape index (κ2) is 11.7. The van der Waals surface area contributed by atoms with Crippen LogP contribution in [0.2, 0.25) is 0 Å². The van der Waals surface area contributed by atoms with Crippen LogP contribution >= 0.6 is 10.0 Å². The third-order valence-electron chi connectivity index (χ3n) is 9.92. The van der Waals surface area contributed by atoms with Crippen LogP contribution < -0.4 is 11.0 Å². The Kier molecular flexibility index (Phi) is 7.35. The Labute approximate surface area is 322 Å². The van der Waals surface area contributed by atoms with Crippen molar-refractivity contribution in [1.82, 2.24) is 7.10 Å². The topological polar surface area (TPSA) is 84.0 Å². The first-order valence-corrected chi connectivity index (χ1v) is 19.3. The molecule has 0 atom stereocenters. The van der Waals surface area contributed by atoms with Crippen LogP contribution in [0.5, 0.6) is 0 Å². The lowest BCUT2D eigenvalue weighted by Crippen LogP contribution is -2.43. The molecular weight excluding hydrogens is 835 g/mol. The van der Waals surface area contributed by atoms with Crippen molar-refractivity contribution in [3.8, 4) is 0 Å². The smallest absolute Gasteiger partial charge is 0.370 e. The lowest BCUT2D eigenvalue weighted by atomic mass is 10.0. The number of nitrogens with zero attached hydrogens (tertiary/aromatic N) is 8. The molecule has 290 valence electrons. The summed E-state index contributed by atoms with van der Waals surface area (Å²) in [6.07, 6.45) is -19.5. The Hall–Kier alpha value is -5.78. The van der Waals surface area contributed by atoms with Crippen molar-refractivity contribution in [2.45, 2.75) is 24.7 Å². The molecule has 4 aliphatic rings. The number of hydrogen-bond donors (Lipinski definition) is 0. The summed E-state index contributed by atoms with van der Waals surface area (Å²) in [5.74, 6) is -1.99. The zero-order chi connectivity index (χ0) is 41.0. The van der Waals surface area contributed by atoms with Gasteiger partial charge in [0.05, 0.1) is 22.3 Å². The molecule has 6 bridgehead atoms. The largest absolute Gasteiger partial charge is 0.722 e. The molecule has 0 spiro atoms. The molecule has 0 radical (unpaired) electrons. The van der Waals surface area contributed by atoms with Gasteiger partial charge in [-0.1, -0.05) is 0 Å². The minimum Gasteiger partial charge on any atom is -0.370 e. The maximum atomic E-state index is 14.3. The highest BCUT2D eigenvalue weighted by Crippen LogP contribution is 2.45. The van der Waals surface area contributed by atoms with E-state index in [1.165, 1.54) is 7.10 Å². The van der Waals surface area contributed by atoms with Crippen molar-refractivity contribution >= 4 is 80.2 Å². The Bertz CT molecular complexity index is 3150. The second-order valence-electron chi connectivity index (χ2n) is 13.3. The van der Waals surface area contributed by atoms with E-state index in [0.717, 1.165) is 72.8 Å². The average Bonchev–Trinajstić information content (AvgIpc) is 3.85. The van der Waals surface area contributed by atoms with Crippen LogP contribution in [0.4, 0.5) is 64.3 Å². The van der Waals surface area contributed by atoms with Gasteiger partial charge in [0.15, 0.2) is 23.3 Å². The van der Waals surface area contributed by atoms with Gasteiger partial charge in [-0.05, 0) is 72.8 Å². The lowest BCUT2D eigenvalue weighted by Gasteiger charge is -2.15. The molecule has 58 heavy (non-hydrogen) atoms. The van der Waals surface area contributed by atoms with Crippen LogP contribution in [-0.4, -0.2) is 44.1 Å². The van der Waals surface area contributed by atoms with Crippen molar-refractivity contribution in [2.24, 2.45) is 30.0 Å². The molecule has 0 unspecified atom stereocenters. The number of aliphatic imine (C=N–C) groups is 4. The summed E-state index contributed by atoms with van der Waals surface area (Å²) in [5, 5.41) is -0.622. The zero-order valence-electron chi connectivity index (χ0n) is 28.0. The summed E-state index contributed by atoms with van der Waals surface area (Å²) in [6, 6.07) is 10.0. The summed E-state index contributed by atoms with van der Waals surface area (Å²) in [5.41, 5.74) is -5.64. The molecule has 2 aromatic heterocycles. The van der Waals surface area contributed by atoms with Crippen molar-refractivity contribution < 1.29 is 52.7 Å². The average molecular weight is 847 g/mol. The van der Waals surface area contributed by atoms with E-state index in [0.29, 0.717) is 0 Å². The third kappa shape index (κ3) is 5.39. The number of halogens is 13. The fourth-order valence-electron chi connectivity index (χ4n) is 7.28. The molecule has 10 rings (SSSR count). The number of rotatable bonds is 0. The van der Waals surface area contributed by atoms with Gasteiger partial charge < -0.3 is 7.10 Å². The summed E-state index contributed by atoms with van der Waals surface area (Å²) in [4.78, 5) is 27.2. The minimum atomic E-state index is -4.91. The molecule has 0 N–H and O–H groups in total.